The van der Waals surface area contributed by atoms with Gasteiger partial charge in [0.15, 0.2) is 11.0 Å². The van der Waals surface area contributed by atoms with E-state index in [1.165, 1.54) is 11.8 Å². The predicted molar refractivity (Wildman–Crippen MR) is 110 cm³/mol. The first-order chi connectivity index (χ1) is 13.1. The Hall–Kier alpha value is -2.31. The molecule has 0 saturated carbocycles. The van der Waals surface area contributed by atoms with Crippen molar-refractivity contribution in [2.75, 3.05) is 5.75 Å². The molecule has 5 nitrogen and oxygen atoms in total. The van der Waals surface area contributed by atoms with Gasteiger partial charge in [0.25, 0.3) is 0 Å². The summed E-state index contributed by atoms with van der Waals surface area (Å²) in [7, 11) is 0. The lowest BCUT2D eigenvalue weighted by atomic mass is 10.1. The fourth-order valence-electron chi connectivity index (χ4n) is 2.76. The second kappa shape index (κ2) is 9.06. The first-order valence-electron chi connectivity index (χ1n) is 8.75. The summed E-state index contributed by atoms with van der Waals surface area (Å²) in [4.78, 5) is 12.3. The fraction of sp³-hybridized carbons (Fsp3) is 0.250. The third kappa shape index (κ3) is 4.70. The molecule has 3 rings (SSSR count). The number of amides is 1. The summed E-state index contributed by atoms with van der Waals surface area (Å²) in [6.07, 6.45) is 0. The number of halogens is 1. The molecule has 0 fully saturated rings. The van der Waals surface area contributed by atoms with Crippen molar-refractivity contribution >= 4 is 29.3 Å². The van der Waals surface area contributed by atoms with Gasteiger partial charge in [-0.25, -0.2) is 0 Å². The van der Waals surface area contributed by atoms with Gasteiger partial charge in [-0.1, -0.05) is 65.8 Å². The van der Waals surface area contributed by atoms with Crippen molar-refractivity contribution in [2.45, 2.75) is 31.6 Å². The van der Waals surface area contributed by atoms with E-state index in [0.29, 0.717) is 22.5 Å². The summed E-state index contributed by atoms with van der Waals surface area (Å²) in [5, 5.41) is 12.9. The van der Waals surface area contributed by atoms with Crippen LogP contribution in [0.4, 0.5) is 0 Å². The van der Waals surface area contributed by atoms with Gasteiger partial charge >= 0.3 is 0 Å². The number of nitrogens with one attached hydrogen (secondary N) is 1. The topological polar surface area (TPSA) is 59.8 Å². The molecule has 27 heavy (non-hydrogen) atoms. The third-order valence-electron chi connectivity index (χ3n) is 4.16. The van der Waals surface area contributed by atoms with Crippen LogP contribution in [0.15, 0.2) is 59.8 Å². The zero-order valence-electron chi connectivity index (χ0n) is 15.2. The molecule has 1 aromatic heterocycles. The Kier molecular flexibility index (Phi) is 6.53. The lowest BCUT2D eigenvalue weighted by molar-refractivity contribution is -0.119. The Morgan fingerprint density at radius 3 is 2.56 bits per heavy atom. The molecule has 2 aromatic carbocycles. The van der Waals surface area contributed by atoms with Crippen LogP contribution in [-0.4, -0.2) is 26.4 Å². The molecule has 1 N–H and O–H groups in total. The Balaban J connectivity index is 1.66. The third-order valence-corrected chi connectivity index (χ3v) is 5.45. The van der Waals surface area contributed by atoms with Gasteiger partial charge in [-0.05, 0) is 31.5 Å². The highest BCUT2D eigenvalue weighted by Gasteiger charge is 2.17. The highest BCUT2D eigenvalue weighted by Crippen LogP contribution is 2.29. The van der Waals surface area contributed by atoms with Gasteiger partial charge in [-0.15, -0.1) is 10.2 Å². The highest BCUT2D eigenvalue weighted by molar-refractivity contribution is 7.99. The SMILES string of the molecule is CCn1c(SCC(=O)NC(C)c2ccccc2)nnc1-c1ccccc1Cl. The van der Waals surface area contributed by atoms with Crippen LogP contribution in [0.2, 0.25) is 5.02 Å². The van der Waals surface area contributed by atoms with Gasteiger partial charge in [-0.3, -0.25) is 4.79 Å². The maximum absolute atomic E-state index is 12.3. The Morgan fingerprint density at radius 2 is 1.85 bits per heavy atom. The molecular weight excluding hydrogens is 380 g/mol. The van der Waals surface area contributed by atoms with Crippen LogP contribution in [0.3, 0.4) is 0 Å². The number of carbonyl (C=O) groups excluding carboxylic acids is 1. The normalized spacial score (nSPS) is 12.0. The molecule has 1 unspecified atom stereocenters. The van der Waals surface area contributed by atoms with E-state index in [2.05, 4.69) is 15.5 Å². The van der Waals surface area contributed by atoms with E-state index in [9.17, 15) is 4.79 Å². The Labute approximate surface area is 168 Å². The molecule has 0 spiro atoms. The molecule has 0 saturated heterocycles. The van der Waals surface area contributed by atoms with Gasteiger partial charge in [-0.2, -0.15) is 0 Å². The maximum atomic E-state index is 12.3. The molecule has 3 aromatic rings. The van der Waals surface area contributed by atoms with Crippen LogP contribution in [0.25, 0.3) is 11.4 Å². The highest BCUT2D eigenvalue weighted by atomic mass is 35.5. The maximum Gasteiger partial charge on any atom is 0.230 e. The molecule has 0 aliphatic rings. The van der Waals surface area contributed by atoms with Crippen molar-refractivity contribution in [3.8, 4) is 11.4 Å². The Bertz CT molecular complexity index is 913. The lowest BCUT2D eigenvalue weighted by Gasteiger charge is -2.14. The molecule has 1 atom stereocenters. The molecule has 140 valence electrons. The van der Waals surface area contributed by atoms with Gasteiger partial charge in [0.05, 0.1) is 16.8 Å². The largest absolute Gasteiger partial charge is 0.349 e. The second-order valence-electron chi connectivity index (χ2n) is 6.02. The quantitative estimate of drug-likeness (QED) is 0.589. The molecule has 0 radical (unpaired) electrons. The summed E-state index contributed by atoms with van der Waals surface area (Å²) >= 11 is 7.66. The lowest BCUT2D eigenvalue weighted by Crippen LogP contribution is -2.28. The molecule has 1 amide bonds. The number of hydrogen-bond donors (Lipinski definition) is 1. The van der Waals surface area contributed by atoms with Crippen LogP contribution in [0.1, 0.15) is 25.5 Å². The zero-order chi connectivity index (χ0) is 19.2. The minimum absolute atomic E-state index is 0.0398. The van der Waals surface area contributed by atoms with E-state index in [-0.39, 0.29) is 17.7 Å². The monoisotopic (exact) mass is 400 g/mol. The molecular formula is C20H21ClN4OS. The molecule has 1 heterocycles. The van der Waals surface area contributed by atoms with Crippen LogP contribution >= 0.6 is 23.4 Å². The second-order valence-corrected chi connectivity index (χ2v) is 7.37. The van der Waals surface area contributed by atoms with Crippen LogP contribution in [-0.2, 0) is 11.3 Å². The van der Waals surface area contributed by atoms with Crippen molar-refractivity contribution in [1.82, 2.24) is 20.1 Å². The minimum atomic E-state index is -0.0405. The van der Waals surface area contributed by atoms with E-state index in [4.69, 9.17) is 11.6 Å². The minimum Gasteiger partial charge on any atom is -0.349 e. The summed E-state index contributed by atoms with van der Waals surface area (Å²) in [5.74, 6) is 0.947. The molecule has 0 aliphatic heterocycles. The number of benzene rings is 2. The van der Waals surface area contributed by atoms with Crippen LogP contribution < -0.4 is 5.32 Å². The number of aromatic nitrogens is 3. The average molecular weight is 401 g/mol. The van der Waals surface area contributed by atoms with Crippen LogP contribution in [0, 0.1) is 0 Å². The van der Waals surface area contributed by atoms with Gasteiger partial charge < -0.3 is 9.88 Å². The van der Waals surface area contributed by atoms with Gasteiger partial charge in [0, 0.05) is 12.1 Å². The van der Waals surface area contributed by atoms with E-state index in [1.54, 1.807) is 0 Å². The van der Waals surface area contributed by atoms with Crippen molar-refractivity contribution in [2.24, 2.45) is 0 Å². The standard InChI is InChI=1S/C20H21ClN4OS/c1-3-25-19(16-11-7-8-12-17(16)21)23-24-20(25)27-13-18(26)22-14(2)15-9-5-4-6-10-15/h4-12,14H,3,13H2,1-2H3,(H,22,26). The summed E-state index contributed by atoms with van der Waals surface area (Å²) in [5.41, 5.74) is 1.91. The first-order valence-corrected chi connectivity index (χ1v) is 10.1. The van der Waals surface area contributed by atoms with Gasteiger partial charge in [0.1, 0.15) is 0 Å². The smallest absolute Gasteiger partial charge is 0.230 e. The first kappa shape index (κ1) is 19.5. The summed E-state index contributed by atoms with van der Waals surface area (Å²) in [6.45, 7) is 4.69. The number of carbonyl (C=O) groups is 1. The summed E-state index contributed by atoms with van der Waals surface area (Å²) in [6, 6.07) is 17.4. The van der Waals surface area contributed by atoms with Crippen molar-refractivity contribution < 1.29 is 4.79 Å². The molecule has 0 aliphatic carbocycles. The fourth-order valence-corrected chi connectivity index (χ4v) is 3.79. The number of nitrogens with zero attached hydrogens (tertiary/aromatic N) is 3. The van der Waals surface area contributed by atoms with E-state index in [1.807, 2.05) is 73.0 Å². The molecule has 7 heteroatoms. The number of thioether (sulfide) groups is 1. The summed E-state index contributed by atoms with van der Waals surface area (Å²) < 4.78 is 1.97. The van der Waals surface area contributed by atoms with Crippen molar-refractivity contribution in [3.05, 3.63) is 65.2 Å². The average Bonchev–Trinajstić information content (AvgIpc) is 3.10. The molecule has 0 bridgehead atoms. The van der Waals surface area contributed by atoms with Crippen molar-refractivity contribution in [3.63, 3.8) is 0 Å². The zero-order valence-corrected chi connectivity index (χ0v) is 16.8. The number of rotatable bonds is 7. The van der Waals surface area contributed by atoms with Crippen molar-refractivity contribution in [1.29, 1.82) is 0 Å². The van der Waals surface area contributed by atoms with E-state index in [0.717, 1.165) is 11.1 Å². The number of hydrogen-bond acceptors (Lipinski definition) is 4. The van der Waals surface area contributed by atoms with E-state index >= 15 is 0 Å². The Morgan fingerprint density at radius 1 is 1.15 bits per heavy atom. The van der Waals surface area contributed by atoms with Gasteiger partial charge in [0.2, 0.25) is 5.91 Å². The predicted octanol–water partition coefficient (Wildman–Crippen LogP) is 4.59. The van der Waals surface area contributed by atoms with Crippen LogP contribution in [0.5, 0.6) is 0 Å². The van der Waals surface area contributed by atoms with E-state index < -0.39 is 0 Å².